The SMILES string of the molecule is CC(CC(=O)NC1CCC(O)CC1)c1ccccc1C(F)(F)F. The Kier molecular flexibility index (Phi) is 5.68. The molecule has 0 radical (unpaired) electrons. The summed E-state index contributed by atoms with van der Waals surface area (Å²) in [7, 11) is 0. The quantitative estimate of drug-likeness (QED) is 0.886. The summed E-state index contributed by atoms with van der Waals surface area (Å²) in [5.41, 5.74) is -0.532. The second-order valence-corrected chi connectivity index (χ2v) is 6.26. The maximum absolute atomic E-state index is 13.0. The number of nitrogens with one attached hydrogen (secondary N) is 1. The van der Waals surface area contributed by atoms with E-state index in [9.17, 15) is 23.1 Å². The lowest BCUT2D eigenvalue weighted by atomic mass is 9.91. The molecule has 1 saturated carbocycles. The van der Waals surface area contributed by atoms with Gasteiger partial charge in [-0.3, -0.25) is 4.79 Å². The van der Waals surface area contributed by atoms with Crippen molar-refractivity contribution in [3.8, 4) is 0 Å². The molecule has 1 aliphatic carbocycles. The standard InChI is InChI=1S/C17H22F3NO2/c1-11(14-4-2-3-5-15(14)17(18,19)20)10-16(23)21-12-6-8-13(22)9-7-12/h2-5,11-13,22H,6-10H2,1H3,(H,21,23). The van der Waals surface area contributed by atoms with Crippen molar-refractivity contribution in [2.75, 3.05) is 0 Å². The van der Waals surface area contributed by atoms with Crippen molar-refractivity contribution < 1.29 is 23.1 Å². The van der Waals surface area contributed by atoms with Crippen molar-refractivity contribution in [2.24, 2.45) is 0 Å². The van der Waals surface area contributed by atoms with Gasteiger partial charge in [-0.15, -0.1) is 0 Å². The Morgan fingerprint density at radius 3 is 2.48 bits per heavy atom. The zero-order valence-electron chi connectivity index (χ0n) is 13.1. The summed E-state index contributed by atoms with van der Waals surface area (Å²) in [6.07, 6.45) is -1.98. The highest BCUT2D eigenvalue weighted by Crippen LogP contribution is 2.36. The third-order valence-corrected chi connectivity index (χ3v) is 4.35. The maximum Gasteiger partial charge on any atom is 0.416 e. The average Bonchev–Trinajstić information content (AvgIpc) is 2.48. The van der Waals surface area contributed by atoms with Crippen molar-refractivity contribution >= 4 is 5.91 Å². The van der Waals surface area contributed by atoms with E-state index in [1.807, 2.05) is 0 Å². The van der Waals surface area contributed by atoms with Crippen LogP contribution >= 0.6 is 0 Å². The Hall–Kier alpha value is -1.56. The molecule has 0 aliphatic heterocycles. The van der Waals surface area contributed by atoms with Gasteiger partial charge >= 0.3 is 6.18 Å². The molecule has 23 heavy (non-hydrogen) atoms. The molecule has 0 heterocycles. The van der Waals surface area contributed by atoms with Gasteiger partial charge in [-0.25, -0.2) is 0 Å². The Morgan fingerprint density at radius 2 is 1.87 bits per heavy atom. The second kappa shape index (κ2) is 7.34. The van der Waals surface area contributed by atoms with E-state index in [0.29, 0.717) is 25.7 Å². The number of aliphatic hydroxyl groups is 1. The van der Waals surface area contributed by atoms with E-state index in [0.717, 1.165) is 6.07 Å². The molecule has 1 aromatic carbocycles. The van der Waals surface area contributed by atoms with Gasteiger partial charge in [0.15, 0.2) is 0 Å². The molecule has 128 valence electrons. The minimum absolute atomic E-state index is 0.0101. The molecule has 0 spiro atoms. The second-order valence-electron chi connectivity index (χ2n) is 6.26. The fourth-order valence-electron chi connectivity index (χ4n) is 3.08. The largest absolute Gasteiger partial charge is 0.416 e. The van der Waals surface area contributed by atoms with Crippen LogP contribution in [-0.2, 0) is 11.0 Å². The Labute approximate surface area is 133 Å². The number of aliphatic hydroxyl groups excluding tert-OH is 1. The van der Waals surface area contributed by atoms with Crippen LogP contribution in [0.15, 0.2) is 24.3 Å². The van der Waals surface area contributed by atoms with Gasteiger partial charge in [-0.2, -0.15) is 13.2 Å². The first-order chi connectivity index (χ1) is 10.8. The van der Waals surface area contributed by atoms with Crippen molar-refractivity contribution in [3.05, 3.63) is 35.4 Å². The van der Waals surface area contributed by atoms with Crippen LogP contribution in [0.5, 0.6) is 0 Å². The summed E-state index contributed by atoms with van der Waals surface area (Å²) >= 11 is 0. The molecule has 1 aliphatic rings. The molecule has 2 rings (SSSR count). The van der Waals surface area contributed by atoms with Gasteiger partial charge in [0, 0.05) is 12.5 Å². The van der Waals surface area contributed by atoms with Gasteiger partial charge < -0.3 is 10.4 Å². The molecule has 1 unspecified atom stereocenters. The Balaban J connectivity index is 1.96. The fourth-order valence-corrected chi connectivity index (χ4v) is 3.08. The minimum Gasteiger partial charge on any atom is -0.393 e. The minimum atomic E-state index is -4.42. The van der Waals surface area contributed by atoms with E-state index >= 15 is 0 Å². The van der Waals surface area contributed by atoms with E-state index < -0.39 is 17.7 Å². The molecule has 6 heteroatoms. The van der Waals surface area contributed by atoms with Gasteiger partial charge in [0.05, 0.1) is 11.7 Å². The molecule has 0 aromatic heterocycles. The topological polar surface area (TPSA) is 49.3 Å². The van der Waals surface area contributed by atoms with E-state index in [1.165, 1.54) is 12.1 Å². The van der Waals surface area contributed by atoms with Gasteiger partial charge in [-0.1, -0.05) is 25.1 Å². The van der Waals surface area contributed by atoms with Crippen LogP contribution in [0.4, 0.5) is 13.2 Å². The van der Waals surface area contributed by atoms with Crippen LogP contribution in [-0.4, -0.2) is 23.2 Å². The van der Waals surface area contributed by atoms with Crippen LogP contribution in [0.2, 0.25) is 0 Å². The first-order valence-electron chi connectivity index (χ1n) is 7.91. The predicted octanol–water partition coefficient (Wildman–Crippen LogP) is 3.62. The number of hydrogen-bond donors (Lipinski definition) is 2. The first-order valence-corrected chi connectivity index (χ1v) is 7.91. The lowest BCUT2D eigenvalue weighted by Crippen LogP contribution is -2.39. The Bertz CT molecular complexity index is 537. The van der Waals surface area contributed by atoms with E-state index in [2.05, 4.69) is 5.32 Å². The number of rotatable bonds is 4. The van der Waals surface area contributed by atoms with Crippen molar-refractivity contribution in [1.82, 2.24) is 5.32 Å². The normalized spacial score (nSPS) is 23.3. The monoisotopic (exact) mass is 329 g/mol. The van der Waals surface area contributed by atoms with Crippen LogP contribution in [0.25, 0.3) is 0 Å². The molecule has 2 N–H and O–H groups in total. The van der Waals surface area contributed by atoms with Gasteiger partial charge in [-0.05, 0) is 43.2 Å². The fraction of sp³-hybridized carbons (Fsp3) is 0.588. The summed E-state index contributed by atoms with van der Waals surface area (Å²) in [5, 5.41) is 12.3. The molecular formula is C17H22F3NO2. The summed E-state index contributed by atoms with van der Waals surface area (Å²) < 4.78 is 39.1. The van der Waals surface area contributed by atoms with Crippen LogP contribution < -0.4 is 5.32 Å². The molecule has 3 nitrogen and oxygen atoms in total. The molecule has 1 fully saturated rings. The number of carbonyl (C=O) groups excluding carboxylic acids is 1. The number of benzene rings is 1. The van der Waals surface area contributed by atoms with Gasteiger partial charge in [0.2, 0.25) is 5.91 Å². The van der Waals surface area contributed by atoms with Crippen molar-refractivity contribution in [2.45, 2.75) is 63.3 Å². The molecule has 1 amide bonds. The summed E-state index contributed by atoms with van der Waals surface area (Å²) in [5.74, 6) is -0.752. The van der Waals surface area contributed by atoms with Gasteiger partial charge in [0.1, 0.15) is 0 Å². The predicted molar refractivity (Wildman–Crippen MR) is 80.9 cm³/mol. The number of carbonyl (C=O) groups is 1. The smallest absolute Gasteiger partial charge is 0.393 e. The summed E-state index contributed by atoms with van der Waals surface area (Å²) in [6, 6.07) is 5.40. The van der Waals surface area contributed by atoms with Crippen LogP contribution in [0.3, 0.4) is 0 Å². The summed E-state index contributed by atoms with van der Waals surface area (Å²) in [6.45, 7) is 1.63. The highest BCUT2D eigenvalue weighted by molar-refractivity contribution is 5.77. The highest BCUT2D eigenvalue weighted by atomic mass is 19.4. The lowest BCUT2D eigenvalue weighted by molar-refractivity contribution is -0.138. The lowest BCUT2D eigenvalue weighted by Gasteiger charge is -2.27. The third-order valence-electron chi connectivity index (χ3n) is 4.35. The van der Waals surface area contributed by atoms with Crippen molar-refractivity contribution in [1.29, 1.82) is 0 Å². The zero-order chi connectivity index (χ0) is 17.0. The van der Waals surface area contributed by atoms with Crippen LogP contribution in [0.1, 0.15) is 56.1 Å². The highest BCUT2D eigenvalue weighted by Gasteiger charge is 2.34. The van der Waals surface area contributed by atoms with Crippen molar-refractivity contribution in [3.63, 3.8) is 0 Å². The number of hydrogen-bond acceptors (Lipinski definition) is 2. The van der Waals surface area contributed by atoms with E-state index in [-0.39, 0.29) is 30.0 Å². The Morgan fingerprint density at radius 1 is 1.26 bits per heavy atom. The average molecular weight is 329 g/mol. The molecule has 1 atom stereocenters. The number of alkyl halides is 3. The maximum atomic E-state index is 13.0. The molecular weight excluding hydrogens is 307 g/mol. The van der Waals surface area contributed by atoms with E-state index in [1.54, 1.807) is 13.0 Å². The van der Waals surface area contributed by atoms with Gasteiger partial charge in [0.25, 0.3) is 0 Å². The molecule has 0 saturated heterocycles. The zero-order valence-corrected chi connectivity index (χ0v) is 13.1. The number of halogens is 3. The van der Waals surface area contributed by atoms with E-state index in [4.69, 9.17) is 0 Å². The molecule has 0 bridgehead atoms. The summed E-state index contributed by atoms with van der Waals surface area (Å²) in [4.78, 5) is 12.1. The number of amides is 1. The molecule has 1 aromatic rings. The van der Waals surface area contributed by atoms with Crippen LogP contribution in [0, 0.1) is 0 Å². The third kappa shape index (κ3) is 4.96. The first kappa shape index (κ1) is 17.8.